The molecule has 4 nitrogen and oxygen atoms in total. The average Bonchev–Trinajstić information content (AvgIpc) is 3.42. The zero-order valence-corrected chi connectivity index (χ0v) is 21.2. The molecular formula is C33H29NO3. The standard InChI is InChI=1S/C33H29NO3/c1-22-8-3-4-12-27(22)28-13-6-11-26(23(28)2)21-37-32-17-33(31(19-35)29-14-7-15-30(29)32)36-20-25-10-5-9-24(16-25)18-34/h3-6,8-13,16-17,19H,7,14-15,20-21H2,1-2H3. The van der Waals surface area contributed by atoms with Crippen molar-refractivity contribution < 1.29 is 14.3 Å². The maximum absolute atomic E-state index is 12.1. The minimum Gasteiger partial charge on any atom is -0.488 e. The average molecular weight is 488 g/mol. The van der Waals surface area contributed by atoms with Crippen molar-refractivity contribution >= 4 is 6.29 Å². The van der Waals surface area contributed by atoms with Crippen LogP contribution in [-0.4, -0.2) is 6.29 Å². The number of fused-ring (bicyclic) bond motifs is 1. The molecule has 0 atom stereocenters. The van der Waals surface area contributed by atoms with E-state index in [1.54, 1.807) is 12.1 Å². The van der Waals surface area contributed by atoms with Gasteiger partial charge in [-0.2, -0.15) is 5.26 Å². The van der Waals surface area contributed by atoms with E-state index in [1.165, 1.54) is 22.3 Å². The molecule has 0 heterocycles. The first kappa shape index (κ1) is 24.3. The van der Waals surface area contributed by atoms with Crippen molar-refractivity contribution in [1.29, 1.82) is 5.26 Å². The van der Waals surface area contributed by atoms with Gasteiger partial charge in [-0.15, -0.1) is 0 Å². The molecular weight excluding hydrogens is 458 g/mol. The third-order valence-electron chi connectivity index (χ3n) is 7.20. The van der Waals surface area contributed by atoms with Crippen LogP contribution in [0, 0.1) is 25.2 Å². The third-order valence-corrected chi connectivity index (χ3v) is 7.20. The highest BCUT2D eigenvalue weighted by atomic mass is 16.5. The van der Waals surface area contributed by atoms with Crippen molar-refractivity contribution in [3.05, 3.63) is 117 Å². The summed E-state index contributed by atoms with van der Waals surface area (Å²) in [4.78, 5) is 12.1. The van der Waals surface area contributed by atoms with E-state index >= 15 is 0 Å². The Balaban J connectivity index is 1.42. The number of carbonyl (C=O) groups is 1. The van der Waals surface area contributed by atoms with Crippen LogP contribution in [0.1, 0.15) is 55.7 Å². The van der Waals surface area contributed by atoms with Crippen LogP contribution in [0.15, 0.2) is 72.8 Å². The minimum absolute atomic E-state index is 0.270. The van der Waals surface area contributed by atoms with E-state index in [0.717, 1.165) is 53.6 Å². The Bertz CT molecular complexity index is 1510. The first-order valence-electron chi connectivity index (χ1n) is 12.6. The number of nitrogens with zero attached hydrogens (tertiary/aromatic N) is 1. The molecule has 4 aromatic carbocycles. The predicted molar refractivity (Wildman–Crippen MR) is 145 cm³/mol. The van der Waals surface area contributed by atoms with Crippen molar-refractivity contribution in [3.63, 3.8) is 0 Å². The molecule has 0 aliphatic heterocycles. The molecule has 0 saturated heterocycles. The molecule has 1 aliphatic rings. The fourth-order valence-corrected chi connectivity index (χ4v) is 5.18. The van der Waals surface area contributed by atoms with Crippen LogP contribution in [0.3, 0.4) is 0 Å². The lowest BCUT2D eigenvalue weighted by Crippen LogP contribution is -2.06. The number of benzene rings is 4. The van der Waals surface area contributed by atoms with Crippen LogP contribution in [0.5, 0.6) is 11.5 Å². The maximum atomic E-state index is 12.1. The number of ether oxygens (including phenoxy) is 2. The second-order valence-electron chi connectivity index (χ2n) is 9.51. The van der Waals surface area contributed by atoms with Crippen LogP contribution < -0.4 is 9.47 Å². The number of rotatable bonds is 8. The lowest BCUT2D eigenvalue weighted by Gasteiger charge is -2.18. The second kappa shape index (κ2) is 10.7. The van der Waals surface area contributed by atoms with Crippen molar-refractivity contribution in [2.24, 2.45) is 0 Å². The summed E-state index contributed by atoms with van der Waals surface area (Å²) in [6.45, 7) is 4.98. The summed E-state index contributed by atoms with van der Waals surface area (Å²) in [7, 11) is 0. The van der Waals surface area contributed by atoms with Crippen molar-refractivity contribution in [1.82, 2.24) is 0 Å². The highest BCUT2D eigenvalue weighted by molar-refractivity contribution is 5.84. The Kier molecular flexibility index (Phi) is 7.05. The SMILES string of the molecule is Cc1ccccc1-c1cccc(COc2cc(OCc3cccc(C#N)c3)c(C=O)c3c2CCC3)c1C. The quantitative estimate of drug-likeness (QED) is 0.245. The fraction of sp³-hybridized carbons (Fsp3) is 0.212. The van der Waals surface area contributed by atoms with E-state index in [0.29, 0.717) is 23.5 Å². The lowest BCUT2D eigenvalue weighted by atomic mass is 9.94. The van der Waals surface area contributed by atoms with Gasteiger partial charge in [0.25, 0.3) is 0 Å². The molecule has 0 amide bonds. The zero-order valence-electron chi connectivity index (χ0n) is 21.2. The molecule has 184 valence electrons. The van der Waals surface area contributed by atoms with Gasteiger partial charge in [-0.05, 0) is 89.8 Å². The van der Waals surface area contributed by atoms with E-state index < -0.39 is 0 Å². The van der Waals surface area contributed by atoms with Crippen LogP contribution >= 0.6 is 0 Å². The van der Waals surface area contributed by atoms with Gasteiger partial charge in [-0.3, -0.25) is 4.79 Å². The first-order valence-corrected chi connectivity index (χ1v) is 12.6. The summed E-state index contributed by atoms with van der Waals surface area (Å²) in [6.07, 6.45) is 3.60. The molecule has 0 N–H and O–H groups in total. The van der Waals surface area contributed by atoms with Crippen molar-refractivity contribution in [2.45, 2.75) is 46.3 Å². The third kappa shape index (κ3) is 4.99. The van der Waals surface area contributed by atoms with Crippen LogP contribution in [0.25, 0.3) is 11.1 Å². The van der Waals surface area contributed by atoms with Gasteiger partial charge in [0, 0.05) is 6.07 Å². The number of hydrogen-bond acceptors (Lipinski definition) is 4. The van der Waals surface area contributed by atoms with Gasteiger partial charge in [-0.25, -0.2) is 0 Å². The fourth-order valence-electron chi connectivity index (χ4n) is 5.18. The van der Waals surface area contributed by atoms with Crippen LogP contribution in [0.4, 0.5) is 0 Å². The molecule has 1 aliphatic carbocycles. The molecule has 0 fully saturated rings. The van der Waals surface area contributed by atoms with Crippen molar-refractivity contribution in [3.8, 4) is 28.7 Å². The Hall–Kier alpha value is -4.36. The van der Waals surface area contributed by atoms with E-state index in [1.807, 2.05) is 18.2 Å². The van der Waals surface area contributed by atoms with Crippen LogP contribution in [-0.2, 0) is 26.1 Å². The summed E-state index contributed by atoms with van der Waals surface area (Å²) in [6, 6.07) is 26.1. The highest BCUT2D eigenvalue weighted by Crippen LogP contribution is 2.39. The monoisotopic (exact) mass is 487 g/mol. The van der Waals surface area contributed by atoms with E-state index in [4.69, 9.17) is 9.47 Å². The first-order chi connectivity index (χ1) is 18.1. The highest BCUT2D eigenvalue weighted by Gasteiger charge is 2.24. The van der Waals surface area contributed by atoms with E-state index in [-0.39, 0.29) is 6.61 Å². The number of aldehydes is 1. The molecule has 37 heavy (non-hydrogen) atoms. The normalized spacial score (nSPS) is 12.0. The molecule has 0 bridgehead atoms. The van der Waals surface area contributed by atoms with E-state index in [2.05, 4.69) is 62.4 Å². The number of hydrogen-bond donors (Lipinski definition) is 0. The maximum Gasteiger partial charge on any atom is 0.154 e. The lowest BCUT2D eigenvalue weighted by molar-refractivity contribution is 0.111. The molecule has 4 aromatic rings. The molecule has 0 unspecified atom stereocenters. The summed E-state index contributed by atoms with van der Waals surface area (Å²) >= 11 is 0. The molecule has 0 saturated carbocycles. The van der Waals surface area contributed by atoms with E-state index in [9.17, 15) is 10.1 Å². The van der Waals surface area contributed by atoms with Gasteiger partial charge in [0.1, 0.15) is 24.7 Å². The van der Waals surface area contributed by atoms with Gasteiger partial charge in [0.2, 0.25) is 0 Å². The summed E-state index contributed by atoms with van der Waals surface area (Å²) in [5.74, 6) is 1.30. The Morgan fingerprint density at radius 1 is 0.838 bits per heavy atom. The van der Waals surface area contributed by atoms with Crippen LogP contribution in [0.2, 0.25) is 0 Å². The van der Waals surface area contributed by atoms with Gasteiger partial charge >= 0.3 is 0 Å². The minimum atomic E-state index is 0.270. The Morgan fingerprint density at radius 3 is 2.41 bits per heavy atom. The molecule has 0 radical (unpaired) electrons. The van der Waals surface area contributed by atoms with Gasteiger partial charge in [-0.1, -0.05) is 54.6 Å². The van der Waals surface area contributed by atoms with Gasteiger partial charge in [0.05, 0.1) is 17.2 Å². The summed E-state index contributed by atoms with van der Waals surface area (Å²) in [5, 5.41) is 9.19. The number of aryl methyl sites for hydroxylation is 1. The zero-order chi connectivity index (χ0) is 25.8. The van der Waals surface area contributed by atoms with Gasteiger partial charge < -0.3 is 9.47 Å². The molecule has 0 spiro atoms. The predicted octanol–water partition coefficient (Wildman–Crippen LogP) is 7.30. The molecule has 4 heteroatoms. The Labute approximate surface area is 218 Å². The van der Waals surface area contributed by atoms with Crippen molar-refractivity contribution in [2.75, 3.05) is 0 Å². The smallest absolute Gasteiger partial charge is 0.154 e. The number of nitriles is 1. The summed E-state index contributed by atoms with van der Waals surface area (Å²) < 4.78 is 12.6. The summed E-state index contributed by atoms with van der Waals surface area (Å²) in [5.41, 5.74) is 10.2. The number of carbonyl (C=O) groups excluding carboxylic acids is 1. The van der Waals surface area contributed by atoms with Gasteiger partial charge in [0.15, 0.2) is 6.29 Å². The molecule has 0 aromatic heterocycles. The largest absolute Gasteiger partial charge is 0.488 e. The second-order valence-corrected chi connectivity index (χ2v) is 9.51. The Morgan fingerprint density at radius 2 is 1.59 bits per heavy atom. The topological polar surface area (TPSA) is 59.3 Å². The molecule has 5 rings (SSSR count).